The van der Waals surface area contributed by atoms with Crippen LogP contribution >= 0.6 is 0 Å². The van der Waals surface area contributed by atoms with Gasteiger partial charge in [0, 0.05) is 13.2 Å². The molecule has 0 saturated heterocycles. The molecular formula is C11H20N4O3. The van der Waals surface area contributed by atoms with Crippen molar-refractivity contribution < 1.29 is 14.6 Å². The van der Waals surface area contributed by atoms with E-state index in [-0.39, 0.29) is 18.6 Å². The highest BCUT2D eigenvalue weighted by Crippen LogP contribution is 2.12. The van der Waals surface area contributed by atoms with Gasteiger partial charge < -0.3 is 19.9 Å². The van der Waals surface area contributed by atoms with Crippen LogP contribution in [0.4, 0.5) is 5.95 Å². The first-order chi connectivity index (χ1) is 8.80. The molecule has 1 rings (SSSR count). The third-order valence-corrected chi connectivity index (χ3v) is 2.33. The molecule has 1 heterocycles. The van der Waals surface area contributed by atoms with Gasteiger partial charge in [0.05, 0.1) is 14.2 Å². The zero-order valence-corrected chi connectivity index (χ0v) is 10.8. The molecule has 0 unspecified atom stereocenters. The second-order valence-corrected chi connectivity index (χ2v) is 3.70. The summed E-state index contributed by atoms with van der Waals surface area (Å²) >= 11 is 0. The zero-order valence-electron chi connectivity index (χ0n) is 10.8. The molecule has 1 aromatic heterocycles. The van der Waals surface area contributed by atoms with Crippen molar-refractivity contribution in [1.82, 2.24) is 15.0 Å². The first-order valence-electron chi connectivity index (χ1n) is 5.99. The molecule has 7 heteroatoms. The normalized spacial score (nSPS) is 10.2. The minimum absolute atomic E-state index is 0.227. The van der Waals surface area contributed by atoms with Gasteiger partial charge in [0.15, 0.2) is 0 Å². The van der Waals surface area contributed by atoms with Crippen LogP contribution in [0.3, 0.4) is 0 Å². The molecule has 2 N–H and O–H groups in total. The number of aromatic nitrogens is 3. The Morgan fingerprint density at radius 1 is 0.944 bits per heavy atom. The van der Waals surface area contributed by atoms with Gasteiger partial charge in [-0.05, 0) is 12.8 Å². The molecule has 0 radical (unpaired) electrons. The summed E-state index contributed by atoms with van der Waals surface area (Å²) in [5, 5.41) is 11.7. The third kappa shape index (κ3) is 5.13. The Kier molecular flexibility index (Phi) is 6.78. The maximum absolute atomic E-state index is 8.65. The van der Waals surface area contributed by atoms with Gasteiger partial charge in [-0.3, -0.25) is 0 Å². The Labute approximate surface area is 107 Å². The van der Waals surface area contributed by atoms with Crippen molar-refractivity contribution in [2.45, 2.75) is 25.7 Å². The summed E-state index contributed by atoms with van der Waals surface area (Å²) in [4.78, 5) is 12.0. The van der Waals surface area contributed by atoms with Crippen molar-refractivity contribution >= 4 is 5.95 Å². The SMILES string of the molecule is COc1nc(NCCCCCCO)nc(OC)n1. The first-order valence-corrected chi connectivity index (χ1v) is 5.99. The van der Waals surface area contributed by atoms with Crippen LogP contribution in [0.1, 0.15) is 25.7 Å². The highest BCUT2D eigenvalue weighted by Gasteiger charge is 2.05. The molecule has 0 aromatic carbocycles. The van der Waals surface area contributed by atoms with Crippen molar-refractivity contribution in [3.63, 3.8) is 0 Å². The molecule has 0 aliphatic heterocycles. The Balaban J connectivity index is 2.36. The van der Waals surface area contributed by atoms with Crippen LogP contribution in [-0.2, 0) is 0 Å². The molecule has 0 bridgehead atoms. The number of unbranched alkanes of at least 4 members (excludes halogenated alkanes) is 3. The molecule has 0 aliphatic rings. The van der Waals surface area contributed by atoms with E-state index in [1.807, 2.05) is 0 Å². The van der Waals surface area contributed by atoms with Gasteiger partial charge >= 0.3 is 12.0 Å². The Bertz CT molecular complexity index is 327. The lowest BCUT2D eigenvalue weighted by Gasteiger charge is -2.07. The van der Waals surface area contributed by atoms with Crippen LogP contribution in [0, 0.1) is 0 Å². The highest BCUT2D eigenvalue weighted by atomic mass is 16.5. The van der Waals surface area contributed by atoms with Crippen molar-refractivity contribution in [2.24, 2.45) is 0 Å². The molecule has 0 amide bonds. The van der Waals surface area contributed by atoms with E-state index in [2.05, 4.69) is 20.3 Å². The summed E-state index contributed by atoms with van der Waals surface area (Å²) in [6.07, 6.45) is 3.94. The van der Waals surface area contributed by atoms with Gasteiger partial charge in [0.2, 0.25) is 5.95 Å². The van der Waals surface area contributed by atoms with E-state index in [0.717, 1.165) is 32.2 Å². The summed E-state index contributed by atoms with van der Waals surface area (Å²) in [6.45, 7) is 1.02. The number of anilines is 1. The topological polar surface area (TPSA) is 89.4 Å². The summed E-state index contributed by atoms with van der Waals surface area (Å²) in [5.41, 5.74) is 0. The second kappa shape index (κ2) is 8.46. The number of ether oxygens (including phenoxy) is 2. The lowest BCUT2D eigenvalue weighted by molar-refractivity contribution is 0.283. The number of nitrogens with one attached hydrogen (secondary N) is 1. The maximum Gasteiger partial charge on any atom is 0.324 e. The fourth-order valence-electron chi connectivity index (χ4n) is 1.39. The van der Waals surface area contributed by atoms with Gasteiger partial charge in [-0.1, -0.05) is 12.8 Å². The summed E-state index contributed by atoms with van der Waals surface area (Å²) < 4.78 is 9.89. The van der Waals surface area contributed by atoms with E-state index in [1.165, 1.54) is 14.2 Å². The van der Waals surface area contributed by atoms with E-state index in [9.17, 15) is 0 Å². The number of aliphatic hydroxyl groups is 1. The molecule has 0 spiro atoms. The number of aliphatic hydroxyl groups excluding tert-OH is 1. The highest BCUT2D eigenvalue weighted by molar-refractivity contribution is 5.27. The van der Waals surface area contributed by atoms with E-state index in [1.54, 1.807) is 0 Å². The van der Waals surface area contributed by atoms with Gasteiger partial charge in [-0.2, -0.15) is 9.97 Å². The van der Waals surface area contributed by atoms with Crippen LogP contribution in [0.25, 0.3) is 0 Å². The predicted molar refractivity (Wildman–Crippen MR) is 67.0 cm³/mol. The van der Waals surface area contributed by atoms with Crippen molar-refractivity contribution in [3.05, 3.63) is 0 Å². The number of hydrogen-bond donors (Lipinski definition) is 2. The van der Waals surface area contributed by atoms with Crippen molar-refractivity contribution in [2.75, 3.05) is 32.7 Å². The number of hydrogen-bond acceptors (Lipinski definition) is 7. The fourth-order valence-corrected chi connectivity index (χ4v) is 1.39. The molecule has 18 heavy (non-hydrogen) atoms. The van der Waals surface area contributed by atoms with Gasteiger partial charge in [0.25, 0.3) is 0 Å². The lowest BCUT2D eigenvalue weighted by atomic mass is 10.2. The summed E-state index contributed by atoms with van der Waals surface area (Å²) in [7, 11) is 2.99. The average molecular weight is 256 g/mol. The predicted octanol–water partition coefficient (Wildman–Crippen LogP) is 0.853. The molecule has 0 atom stereocenters. The minimum atomic E-state index is 0.227. The van der Waals surface area contributed by atoms with Crippen LogP contribution in [-0.4, -0.2) is 47.4 Å². The van der Waals surface area contributed by atoms with Crippen molar-refractivity contribution in [1.29, 1.82) is 0 Å². The minimum Gasteiger partial charge on any atom is -0.467 e. The van der Waals surface area contributed by atoms with Crippen LogP contribution in [0.15, 0.2) is 0 Å². The van der Waals surface area contributed by atoms with Gasteiger partial charge in [-0.15, -0.1) is 4.98 Å². The molecule has 7 nitrogen and oxygen atoms in total. The molecule has 0 saturated carbocycles. The van der Waals surface area contributed by atoms with E-state index >= 15 is 0 Å². The Morgan fingerprint density at radius 2 is 1.56 bits per heavy atom. The van der Waals surface area contributed by atoms with Crippen LogP contribution in [0.5, 0.6) is 12.0 Å². The van der Waals surface area contributed by atoms with E-state index in [4.69, 9.17) is 14.6 Å². The molecule has 0 aliphatic carbocycles. The van der Waals surface area contributed by atoms with Crippen LogP contribution < -0.4 is 14.8 Å². The monoisotopic (exact) mass is 256 g/mol. The number of rotatable bonds is 9. The molecule has 0 fully saturated rings. The van der Waals surface area contributed by atoms with Gasteiger partial charge in [0.1, 0.15) is 0 Å². The molecule has 1 aromatic rings. The quantitative estimate of drug-likeness (QED) is 0.633. The van der Waals surface area contributed by atoms with E-state index < -0.39 is 0 Å². The molecular weight excluding hydrogens is 236 g/mol. The summed E-state index contributed by atoms with van der Waals surface area (Å²) in [5.74, 6) is 0.445. The second-order valence-electron chi connectivity index (χ2n) is 3.70. The van der Waals surface area contributed by atoms with Crippen molar-refractivity contribution in [3.8, 4) is 12.0 Å². The Hall–Kier alpha value is -1.63. The van der Waals surface area contributed by atoms with E-state index in [0.29, 0.717) is 5.95 Å². The molecule has 102 valence electrons. The third-order valence-electron chi connectivity index (χ3n) is 2.33. The standard InChI is InChI=1S/C11H20N4O3/c1-17-10-13-9(14-11(15-10)18-2)12-7-5-3-4-6-8-16/h16H,3-8H2,1-2H3,(H,12,13,14,15). The largest absolute Gasteiger partial charge is 0.467 e. The maximum atomic E-state index is 8.65. The van der Waals surface area contributed by atoms with Gasteiger partial charge in [-0.25, -0.2) is 0 Å². The summed E-state index contributed by atoms with van der Waals surface area (Å²) in [6, 6.07) is 0.453. The number of methoxy groups -OCH3 is 2. The lowest BCUT2D eigenvalue weighted by Crippen LogP contribution is -2.08. The first kappa shape index (κ1) is 14.4. The number of nitrogens with zero attached hydrogens (tertiary/aromatic N) is 3. The Morgan fingerprint density at radius 3 is 2.11 bits per heavy atom. The fraction of sp³-hybridized carbons (Fsp3) is 0.727. The van der Waals surface area contributed by atoms with Crippen LogP contribution in [0.2, 0.25) is 0 Å². The smallest absolute Gasteiger partial charge is 0.324 e. The zero-order chi connectivity index (χ0) is 13.2. The average Bonchev–Trinajstić information content (AvgIpc) is 2.42.